The molecule has 3 heterocycles. The standard InChI is InChI=1S/C25H37N5O6/c1-25(2,3)36-23(33)19(29-22(32)17-13-26-14-17)15-27-20(31)9-5-4-8-18-11-10-16-7-6-12-30(24(34)35)21(16)28-18/h10-11,17,19,26H,4-9,12-15H2,1-3H3,(H,27,31)(H,29,32)(H,34,35). The normalized spacial score (nSPS) is 16.4. The van der Waals surface area contributed by atoms with Gasteiger partial charge in [-0.3, -0.25) is 14.5 Å². The summed E-state index contributed by atoms with van der Waals surface area (Å²) in [6.07, 6.45) is 2.79. The third-order valence-electron chi connectivity index (χ3n) is 6.08. The summed E-state index contributed by atoms with van der Waals surface area (Å²) >= 11 is 0. The molecular formula is C25H37N5O6. The third kappa shape index (κ3) is 7.91. The molecule has 0 spiro atoms. The first kappa shape index (κ1) is 27.4. The molecule has 198 valence electrons. The van der Waals surface area contributed by atoms with Gasteiger partial charge in [-0.2, -0.15) is 0 Å². The number of rotatable bonds is 10. The second-order valence-corrected chi connectivity index (χ2v) is 10.3. The van der Waals surface area contributed by atoms with Gasteiger partial charge in [0.2, 0.25) is 11.8 Å². The molecule has 1 fully saturated rings. The van der Waals surface area contributed by atoms with Gasteiger partial charge >= 0.3 is 12.1 Å². The third-order valence-corrected chi connectivity index (χ3v) is 6.08. The number of aryl methyl sites for hydroxylation is 2. The lowest BCUT2D eigenvalue weighted by Crippen LogP contribution is -2.57. The predicted molar refractivity (Wildman–Crippen MR) is 133 cm³/mol. The Morgan fingerprint density at radius 1 is 1.22 bits per heavy atom. The Hall–Kier alpha value is -3.21. The largest absolute Gasteiger partial charge is 0.465 e. The van der Waals surface area contributed by atoms with E-state index in [4.69, 9.17) is 4.74 Å². The first-order chi connectivity index (χ1) is 17.0. The van der Waals surface area contributed by atoms with E-state index in [2.05, 4.69) is 20.9 Å². The number of hydrogen-bond acceptors (Lipinski definition) is 7. The Balaban J connectivity index is 1.45. The lowest BCUT2D eigenvalue weighted by molar-refractivity contribution is -0.158. The molecule has 0 radical (unpaired) electrons. The van der Waals surface area contributed by atoms with Gasteiger partial charge in [0, 0.05) is 38.3 Å². The number of nitrogens with one attached hydrogen (secondary N) is 3. The highest BCUT2D eigenvalue weighted by atomic mass is 16.6. The molecular weight excluding hydrogens is 466 g/mol. The summed E-state index contributed by atoms with van der Waals surface area (Å²) in [7, 11) is 0. The monoisotopic (exact) mass is 503 g/mol. The van der Waals surface area contributed by atoms with E-state index in [0.29, 0.717) is 44.7 Å². The number of hydrogen-bond donors (Lipinski definition) is 4. The number of anilines is 1. The molecule has 11 heteroatoms. The van der Waals surface area contributed by atoms with Crippen molar-refractivity contribution in [2.24, 2.45) is 5.92 Å². The van der Waals surface area contributed by atoms with Crippen molar-refractivity contribution in [3.8, 4) is 0 Å². The topological polar surface area (TPSA) is 150 Å². The number of unbranched alkanes of at least 4 members (excludes halogenated alkanes) is 1. The molecule has 0 aromatic carbocycles. The number of aromatic nitrogens is 1. The van der Waals surface area contributed by atoms with Crippen molar-refractivity contribution in [2.75, 3.05) is 31.1 Å². The number of fused-ring (bicyclic) bond motifs is 1. The first-order valence-corrected chi connectivity index (χ1v) is 12.5. The van der Waals surface area contributed by atoms with Crippen LogP contribution in [-0.2, 0) is 32.0 Å². The molecule has 0 aliphatic carbocycles. The molecule has 11 nitrogen and oxygen atoms in total. The van der Waals surface area contributed by atoms with E-state index >= 15 is 0 Å². The number of carbonyl (C=O) groups is 4. The van der Waals surface area contributed by atoms with Gasteiger partial charge in [0.05, 0.1) is 5.92 Å². The molecule has 1 unspecified atom stereocenters. The molecule has 3 rings (SSSR count). The average Bonchev–Trinajstić information content (AvgIpc) is 2.76. The summed E-state index contributed by atoms with van der Waals surface area (Å²) < 4.78 is 5.41. The minimum absolute atomic E-state index is 0.0446. The van der Waals surface area contributed by atoms with Crippen LogP contribution in [-0.4, -0.2) is 71.8 Å². The zero-order chi connectivity index (χ0) is 26.3. The maximum Gasteiger partial charge on any atom is 0.413 e. The van der Waals surface area contributed by atoms with Gasteiger partial charge in [0.1, 0.15) is 17.5 Å². The van der Waals surface area contributed by atoms with Crippen molar-refractivity contribution in [1.82, 2.24) is 20.9 Å². The quantitative estimate of drug-likeness (QED) is 0.276. The molecule has 1 aromatic heterocycles. The fraction of sp³-hybridized carbons (Fsp3) is 0.640. The number of pyridine rings is 1. The molecule has 2 aliphatic rings. The summed E-state index contributed by atoms with van der Waals surface area (Å²) in [5.41, 5.74) is 1.02. The molecule has 3 amide bonds. The van der Waals surface area contributed by atoms with Crippen LogP contribution in [0.3, 0.4) is 0 Å². The van der Waals surface area contributed by atoms with Crippen LogP contribution in [0, 0.1) is 5.92 Å². The van der Waals surface area contributed by atoms with Crippen molar-refractivity contribution < 1.29 is 29.0 Å². The zero-order valence-electron chi connectivity index (χ0n) is 21.3. The predicted octanol–water partition coefficient (Wildman–Crippen LogP) is 1.39. The van der Waals surface area contributed by atoms with Crippen molar-refractivity contribution in [3.63, 3.8) is 0 Å². The fourth-order valence-electron chi connectivity index (χ4n) is 4.03. The average molecular weight is 504 g/mol. The zero-order valence-corrected chi connectivity index (χ0v) is 21.3. The SMILES string of the molecule is CC(C)(C)OC(=O)C(CNC(=O)CCCCc1ccc2c(n1)N(C(=O)O)CCC2)NC(=O)C1CNC1. The Bertz CT molecular complexity index is 972. The summed E-state index contributed by atoms with van der Waals surface area (Å²) in [6.45, 7) is 6.76. The second kappa shape index (κ2) is 12.2. The van der Waals surface area contributed by atoms with Crippen LogP contribution in [0.5, 0.6) is 0 Å². The van der Waals surface area contributed by atoms with Gasteiger partial charge in [-0.25, -0.2) is 14.6 Å². The van der Waals surface area contributed by atoms with Gasteiger partial charge < -0.3 is 25.8 Å². The van der Waals surface area contributed by atoms with Crippen LogP contribution in [0.2, 0.25) is 0 Å². The minimum atomic E-state index is -0.998. The number of carbonyl (C=O) groups excluding carboxylic acids is 3. The molecule has 1 atom stereocenters. The lowest BCUT2D eigenvalue weighted by atomic mass is 10.0. The van der Waals surface area contributed by atoms with E-state index < -0.39 is 23.7 Å². The molecule has 0 saturated carbocycles. The number of amides is 3. The number of ether oxygens (including phenoxy) is 1. The Morgan fingerprint density at radius 2 is 1.97 bits per heavy atom. The highest BCUT2D eigenvalue weighted by Crippen LogP contribution is 2.25. The molecule has 0 bridgehead atoms. The molecule has 1 saturated heterocycles. The summed E-state index contributed by atoms with van der Waals surface area (Å²) in [6, 6.07) is 2.89. The van der Waals surface area contributed by atoms with E-state index in [1.165, 1.54) is 4.90 Å². The second-order valence-electron chi connectivity index (χ2n) is 10.3. The summed E-state index contributed by atoms with van der Waals surface area (Å²) in [4.78, 5) is 54.6. The van der Waals surface area contributed by atoms with Gasteiger partial charge in [0.25, 0.3) is 0 Å². The maximum atomic E-state index is 12.6. The van der Waals surface area contributed by atoms with Crippen LogP contribution < -0.4 is 20.9 Å². The Morgan fingerprint density at radius 3 is 2.61 bits per heavy atom. The molecule has 1 aromatic rings. The van der Waals surface area contributed by atoms with Crippen LogP contribution in [0.1, 0.15) is 57.7 Å². The minimum Gasteiger partial charge on any atom is -0.465 e. The van der Waals surface area contributed by atoms with E-state index in [0.717, 1.165) is 24.1 Å². The van der Waals surface area contributed by atoms with Crippen molar-refractivity contribution in [3.05, 3.63) is 23.4 Å². The molecule has 36 heavy (non-hydrogen) atoms. The highest BCUT2D eigenvalue weighted by Gasteiger charge is 2.31. The van der Waals surface area contributed by atoms with Crippen LogP contribution >= 0.6 is 0 Å². The lowest BCUT2D eigenvalue weighted by Gasteiger charge is -2.29. The van der Waals surface area contributed by atoms with Crippen LogP contribution in [0.25, 0.3) is 0 Å². The van der Waals surface area contributed by atoms with E-state index in [1.807, 2.05) is 12.1 Å². The molecule has 2 aliphatic heterocycles. The molecule has 4 N–H and O–H groups in total. The smallest absolute Gasteiger partial charge is 0.413 e. The summed E-state index contributed by atoms with van der Waals surface area (Å²) in [5, 5.41) is 17.9. The fourth-order valence-corrected chi connectivity index (χ4v) is 4.03. The first-order valence-electron chi connectivity index (χ1n) is 12.5. The van der Waals surface area contributed by atoms with E-state index in [1.54, 1.807) is 20.8 Å². The highest BCUT2D eigenvalue weighted by molar-refractivity contribution is 5.87. The van der Waals surface area contributed by atoms with Gasteiger partial charge in [-0.15, -0.1) is 0 Å². The Kier molecular flexibility index (Phi) is 9.25. The van der Waals surface area contributed by atoms with Gasteiger partial charge in [-0.1, -0.05) is 6.07 Å². The van der Waals surface area contributed by atoms with E-state index in [-0.39, 0.29) is 30.7 Å². The maximum absolute atomic E-state index is 12.6. The Labute approximate surface area is 211 Å². The van der Waals surface area contributed by atoms with Crippen molar-refractivity contribution in [1.29, 1.82) is 0 Å². The number of nitrogens with zero attached hydrogens (tertiary/aromatic N) is 2. The number of esters is 1. The van der Waals surface area contributed by atoms with Gasteiger partial charge in [0.15, 0.2) is 0 Å². The number of carboxylic acid groups (broad SMARTS) is 1. The van der Waals surface area contributed by atoms with Crippen molar-refractivity contribution >= 4 is 29.7 Å². The summed E-state index contributed by atoms with van der Waals surface area (Å²) in [5.74, 6) is -0.726. The van der Waals surface area contributed by atoms with Crippen LogP contribution in [0.4, 0.5) is 10.6 Å². The van der Waals surface area contributed by atoms with Crippen molar-refractivity contribution in [2.45, 2.75) is 70.9 Å². The van der Waals surface area contributed by atoms with E-state index in [9.17, 15) is 24.3 Å². The van der Waals surface area contributed by atoms with Crippen LogP contribution in [0.15, 0.2) is 12.1 Å². The van der Waals surface area contributed by atoms with Gasteiger partial charge in [-0.05, 0) is 64.5 Å².